The molecule has 4 heteroatoms. The second kappa shape index (κ2) is 4.62. The maximum Gasteiger partial charge on any atom is 0.341 e. The number of hydrogen-bond donors (Lipinski definition) is 1. The molecule has 0 saturated heterocycles. The number of methoxy groups -OCH3 is 2. The van der Waals surface area contributed by atoms with E-state index in [0.29, 0.717) is 16.9 Å². The Morgan fingerprint density at radius 2 is 2.14 bits per heavy atom. The molecule has 0 radical (unpaired) electrons. The van der Waals surface area contributed by atoms with Crippen LogP contribution >= 0.6 is 0 Å². The van der Waals surface area contributed by atoms with Crippen LogP contribution < -0.4 is 4.74 Å². The summed E-state index contributed by atoms with van der Waals surface area (Å²) < 4.78 is 9.57. The number of aliphatic hydroxyl groups excluding tert-OH is 1. The number of ether oxygens (including phenoxy) is 2. The lowest BCUT2D eigenvalue weighted by Gasteiger charge is -2.07. The number of aliphatic hydroxyl groups is 1. The summed E-state index contributed by atoms with van der Waals surface area (Å²) in [6.07, 6.45) is 0. The Hall–Kier alpha value is -1.55. The summed E-state index contributed by atoms with van der Waals surface area (Å²) in [6, 6.07) is 4.82. The zero-order valence-electron chi connectivity index (χ0n) is 8.11. The standard InChI is InChI=1S/C10H12O4/c1-13-9-5-7(6-11)3-4-8(9)10(12)14-2/h3-5,11H,6H2,1-2H3. The van der Waals surface area contributed by atoms with Crippen molar-refractivity contribution in [1.29, 1.82) is 0 Å². The molecule has 0 amide bonds. The van der Waals surface area contributed by atoms with Gasteiger partial charge in [-0.05, 0) is 17.7 Å². The molecule has 0 aliphatic rings. The summed E-state index contributed by atoms with van der Waals surface area (Å²) in [7, 11) is 2.77. The fraction of sp³-hybridized carbons (Fsp3) is 0.300. The van der Waals surface area contributed by atoms with Gasteiger partial charge in [-0.2, -0.15) is 0 Å². The lowest BCUT2D eigenvalue weighted by Crippen LogP contribution is -2.04. The first-order valence-corrected chi connectivity index (χ1v) is 4.09. The van der Waals surface area contributed by atoms with Crippen molar-refractivity contribution in [2.45, 2.75) is 6.61 Å². The lowest BCUT2D eigenvalue weighted by molar-refractivity contribution is 0.0597. The average Bonchev–Trinajstić information content (AvgIpc) is 2.27. The lowest BCUT2D eigenvalue weighted by atomic mass is 10.1. The molecule has 0 fully saturated rings. The van der Waals surface area contributed by atoms with E-state index in [1.165, 1.54) is 14.2 Å². The summed E-state index contributed by atoms with van der Waals surface area (Å²) >= 11 is 0. The quantitative estimate of drug-likeness (QED) is 0.732. The van der Waals surface area contributed by atoms with Crippen LogP contribution in [0, 0.1) is 0 Å². The Kier molecular flexibility index (Phi) is 3.48. The molecule has 0 aromatic heterocycles. The van der Waals surface area contributed by atoms with Crippen LogP contribution in [0.1, 0.15) is 15.9 Å². The normalized spacial score (nSPS) is 9.64. The highest BCUT2D eigenvalue weighted by atomic mass is 16.5. The van der Waals surface area contributed by atoms with Crippen LogP contribution in [0.4, 0.5) is 0 Å². The van der Waals surface area contributed by atoms with E-state index < -0.39 is 5.97 Å². The van der Waals surface area contributed by atoms with Crippen molar-refractivity contribution in [1.82, 2.24) is 0 Å². The van der Waals surface area contributed by atoms with Crippen molar-refractivity contribution >= 4 is 5.97 Å². The molecular formula is C10H12O4. The van der Waals surface area contributed by atoms with E-state index in [2.05, 4.69) is 4.74 Å². The van der Waals surface area contributed by atoms with Crippen molar-refractivity contribution < 1.29 is 19.4 Å². The molecule has 1 N–H and O–H groups in total. The van der Waals surface area contributed by atoms with E-state index in [1.54, 1.807) is 18.2 Å². The number of esters is 1. The Bertz CT molecular complexity index is 333. The second-order valence-electron chi connectivity index (χ2n) is 2.68. The fourth-order valence-corrected chi connectivity index (χ4v) is 1.11. The minimum Gasteiger partial charge on any atom is -0.496 e. The molecule has 0 aliphatic heterocycles. The molecule has 76 valence electrons. The zero-order valence-corrected chi connectivity index (χ0v) is 8.11. The van der Waals surface area contributed by atoms with Gasteiger partial charge in [0.2, 0.25) is 0 Å². The third-order valence-electron chi connectivity index (χ3n) is 1.85. The predicted molar refractivity (Wildman–Crippen MR) is 50.3 cm³/mol. The fourth-order valence-electron chi connectivity index (χ4n) is 1.11. The minimum absolute atomic E-state index is 0.0855. The van der Waals surface area contributed by atoms with Gasteiger partial charge in [-0.3, -0.25) is 0 Å². The molecule has 4 nitrogen and oxygen atoms in total. The van der Waals surface area contributed by atoms with E-state index in [1.807, 2.05) is 0 Å². The van der Waals surface area contributed by atoms with Gasteiger partial charge in [-0.25, -0.2) is 4.79 Å². The van der Waals surface area contributed by atoms with E-state index in [4.69, 9.17) is 9.84 Å². The Balaban J connectivity index is 3.11. The van der Waals surface area contributed by atoms with Gasteiger partial charge in [-0.15, -0.1) is 0 Å². The molecule has 1 rings (SSSR count). The zero-order chi connectivity index (χ0) is 10.6. The highest BCUT2D eigenvalue weighted by molar-refractivity contribution is 5.92. The van der Waals surface area contributed by atoms with Crippen molar-refractivity contribution in [2.75, 3.05) is 14.2 Å². The van der Waals surface area contributed by atoms with E-state index in [0.717, 1.165) is 0 Å². The third-order valence-corrected chi connectivity index (χ3v) is 1.85. The highest BCUT2D eigenvalue weighted by Gasteiger charge is 2.12. The SMILES string of the molecule is COC(=O)c1ccc(CO)cc1OC. The van der Waals surface area contributed by atoms with Crippen LogP contribution in [0.15, 0.2) is 18.2 Å². The number of hydrogen-bond acceptors (Lipinski definition) is 4. The van der Waals surface area contributed by atoms with E-state index >= 15 is 0 Å². The molecule has 0 bridgehead atoms. The van der Waals surface area contributed by atoms with Gasteiger partial charge in [-0.1, -0.05) is 6.07 Å². The number of rotatable bonds is 3. The molecule has 0 aliphatic carbocycles. The van der Waals surface area contributed by atoms with Gasteiger partial charge in [0, 0.05) is 0 Å². The monoisotopic (exact) mass is 196 g/mol. The maximum atomic E-state index is 11.2. The highest BCUT2D eigenvalue weighted by Crippen LogP contribution is 2.20. The van der Waals surface area contributed by atoms with E-state index in [-0.39, 0.29) is 6.61 Å². The first kappa shape index (κ1) is 10.5. The molecule has 14 heavy (non-hydrogen) atoms. The number of carbonyl (C=O) groups excluding carboxylic acids is 1. The van der Waals surface area contributed by atoms with Gasteiger partial charge < -0.3 is 14.6 Å². The first-order valence-electron chi connectivity index (χ1n) is 4.09. The van der Waals surface area contributed by atoms with Gasteiger partial charge in [0.05, 0.1) is 20.8 Å². The smallest absolute Gasteiger partial charge is 0.341 e. The van der Waals surface area contributed by atoms with Crippen molar-refractivity contribution in [2.24, 2.45) is 0 Å². The van der Waals surface area contributed by atoms with Crippen molar-refractivity contribution in [3.05, 3.63) is 29.3 Å². The number of benzene rings is 1. The minimum atomic E-state index is -0.452. The second-order valence-corrected chi connectivity index (χ2v) is 2.68. The average molecular weight is 196 g/mol. The van der Waals surface area contributed by atoms with E-state index in [9.17, 15) is 4.79 Å². The van der Waals surface area contributed by atoms with Crippen molar-refractivity contribution in [3.63, 3.8) is 0 Å². The van der Waals surface area contributed by atoms with Gasteiger partial charge in [0.25, 0.3) is 0 Å². The Morgan fingerprint density at radius 1 is 1.43 bits per heavy atom. The number of carbonyl (C=O) groups is 1. The molecule has 0 heterocycles. The third kappa shape index (κ3) is 2.03. The molecule has 0 spiro atoms. The van der Waals surface area contributed by atoms with Crippen LogP contribution in [0.2, 0.25) is 0 Å². The van der Waals surface area contributed by atoms with Crippen LogP contribution in [-0.4, -0.2) is 25.3 Å². The predicted octanol–water partition coefficient (Wildman–Crippen LogP) is 0.974. The summed E-state index contributed by atoms with van der Waals surface area (Å²) in [6.45, 7) is -0.0855. The molecule has 0 atom stereocenters. The molecule has 1 aromatic carbocycles. The van der Waals surface area contributed by atoms with Crippen LogP contribution in [0.3, 0.4) is 0 Å². The van der Waals surface area contributed by atoms with Crippen molar-refractivity contribution in [3.8, 4) is 5.75 Å². The summed E-state index contributed by atoms with van der Waals surface area (Å²) in [5, 5.41) is 8.87. The van der Waals surface area contributed by atoms with Gasteiger partial charge >= 0.3 is 5.97 Å². The summed E-state index contributed by atoms with van der Waals surface area (Å²) in [5.74, 6) is -0.0465. The molecule has 0 unspecified atom stereocenters. The van der Waals surface area contributed by atoms with Crippen LogP contribution in [0.5, 0.6) is 5.75 Å². The van der Waals surface area contributed by atoms with Crippen LogP contribution in [0.25, 0.3) is 0 Å². The maximum absolute atomic E-state index is 11.2. The Morgan fingerprint density at radius 3 is 2.64 bits per heavy atom. The molecule has 1 aromatic rings. The van der Waals surface area contributed by atoms with Gasteiger partial charge in [0.1, 0.15) is 11.3 Å². The largest absolute Gasteiger partial charge is 0.496 e. The first-order chi connectivity index (χ1) is 6.72. The van der Waals surface area contributed by atoms with Crippen LogP contribution in [-0.2, 0) is 11.3 Å². The van der Waals surface area contributed by atoms with Gasteiger partial charge in [0.15, 0.2) is 0 Å². The topological polar surface area (TPSA) is 55.8 Å². The summed E-state index contributed by atoms with van der Waals surface area (Å²) in [4.78, 5) is 11.2. The molecular weight excluding hydrogens is 184 g/mol. The molecule has 0 saturated carbocycles. The Labute approximate surface area is 82.1 Å². The summed E-state index contributed by atoms with van der Waals surface area (Å²) in [5.41, 5.74) is 1.04.